The Kier molecular flexibility index (Phi) is 5.57. The molecule has 3 heterocycles. The third-order valence-corrected chi connectivity index (χ3v) is 5.24. The van der Waals surface area contributed by atoms with Crippen LogP contribution in [0.1, 0.15) is 37.9 Å². The van der Waals surface area contributed by atoms with E-state index < -0.39 is 0 Å². The average molecular weight is 395 g/mol. The van der Waals surface area contributed by atoms with Crippen molar-refractivity contribution in [2.45, 2.75) is 33.6 Å². The van der Waals surface area contributed by atoms with E-state index in [2.05, 4.69) is 54.8 Å². The molecule has 0 aliphatic rings. The van der Waals surface area contributed by atoms with Gasteiger partial charge in [0, 0.05) is 34.6 Å². The zero-order chi connectivity index (χ0) is 21.1. The van der Waals surface area contributed by atoms with Gasteiger partial charge in [0.25, 0.3) is 0 Å². The van der Waals surface area contributed by atoms with Crippen LogP contribution in [0.4, 0.5) is 0 Å². The lowest BCUT2D eigenvalue weighted by Crippen LogP contribution is -1.94. The smallest absolute Gasteiger partial charge is 0.162 e. The number of aryl methyl sites for hydroxylation is 1. The van der Waals surface area contributed by atoms with E-state index >= 15 is 0 Å². The standard InChI is InChI=1S/C26H26N4/c1-5-9-18(3)12-13-20(6-2)21-15-27-26-24(16-28-30(26)17-21)23-14-19(4)29-25-11-8-7-10-22(23)25/h6-8,10-17H,2,5,9H2,1,3-4H3/b18-12-,20-13+. The Bertz CT molecular complexity index is 1290. The van der Waals surface area contributed by atoms with E-state index in [0.717, 1.165) is 57.3 Å². The average Bonchev–Trinajstić information content (AvgIpc) is 3.17. The monoisotopic (exact) mass is 394 g/mol. The molecule has 150 valence electrons. The third kappa shape index (κ3) is 3.81. The van der Waals surface area contributed by atoms with Crippen LogP contribution in [0.3, 0.4) is 0 Å². The fourth-order valence-corrected chi connectivity index (χ4v) is 3.74. The van der Waals surface area contributed by atoms with Crippen molar-refractivity contribution in [3.8, 4) is 11.1 Å². The Hall–Kier alpha value is -3.53. The Balaban J connectivity index is 1.80. The highest BCUT2D eigenvalue weighted by atomic mass is 15.2. The molecule has 30 heavy (non-hydrogen) atoms. The van der Waals surface area contributed by atoms with Gasteiger partial charge in [0.05, 0.1) is 11.7 Å². The maximum atomic E-state index is 4.76. The summed E-state index contributed by atoms with van der Waals surface area (Å²) >= 11 is 0. The first-order valence-corrected chi connectivity index (χ1v) is 10.3. The van der Waals surface area contributed by atoms with Gasteiger partial charge < -0.3 is 0 Å². The van der Waals surface area contributed by atoms with Gasteiger partial charge in [-0.25, -0.2) is 9.50 Å². The molecule has 0 N–H and O–H groups in total. The Labute approximate surface area is 177 Å². The molecular weight excluding hydrogens is 368 g/mol. The van der Waals surface area contributed by atoms with E-state index in [1.165, 1.54) is 5.57 Å². The van der Waals surface area contributed by atoms with Crippen molar-refractivity contribution >= 4 is 22.1 Å². The molecule has 0 bridgehead atoms. The summed E-state index contributed by atoms with van der Waals surface area (Å²) in [6, 6.07) is 10.3. The third-order valence-electron chi connectivity index (χ3n) is 5.24. The molecule has 0 atom stereocenters. The molecule has 0 unspecified atom stereocenters. The van der Waals surface area contributed by atoms with Crippen LogP contribution in [-0.2, 0) is 0 Å². The number of pyridine rings is 1. The molecule has 4 aromatic rings. The van der Waals surface area contributed by atoms with Gasteiger partial charge in [0.1, 0.15) is 0 Å². The van der Waals surface area contributed by atoms with Crippen LogP contribution in [-0.4, -0.2) is 19.6 Å². The van der Waals surface area contributed by atoms with Crippen LogP contribution in [0.2, 0.25) is 0 Å². The highest BCUT2D eigenvalue weighted by Crippen LogP contribution is 2.31. The minimum absolute atomic E-state index is 0.829. The van der Waals surface area contributed by atoms with Crippen LogP contribution in [0.5, 0.6) is 0 Å². The van der Waals surface area contributed by atoms with Gasteiger partial charge in [-0.2, -0.15) is 5.10 Å². The van der Waals surface area contributed by atoms with Gasteiger partial charge in [0.15, 0.2) is 5.65 Å². The largest absolute Gasteiger partial charge is 0.253 e. The lowest BCUT2D eigenvalue weighted by Gasteiger charge is -2.07. The molecular formula is C26H26N4. The molecule has 0 saturated heterocycles. The number of fused-ring (bicyclic) bond motifs is 2. The summed E-state index contributed by atoms with van der Waals surface area (Å²) in [5.74, 6) is 0. The first-order chi connectivity index (χ1) is 14.6. The lowest BCUT2D eigenvalue weighted by atomic mass is 10.0. The number of aromatic nitrogens is 4. The van der Waals surface area contributed by atoms with Gasteiger partial charge in [-0.1, -0.05) is 61.9 Å². The number of allylic oxidation sites excluding steroid dienone is 5. The second-order valence-electron chi connectivity index (χ2n) is 7.59. The highest BCUT2D eigenvalue weighted by Gasteiger charge is 2.13. The van der Waals surface area contributed by atoms with E-state index in [1.54, 1.807) is 0 Å². The van der Waals surface area contributed by atoms with Gasteiger partial charge in [-0.3, -0.25) is 4.98 Å². The second-order valence-corrected chi connectivity index (χ2v) is 7.59. The van der Waals surface area contributed by atoms with Gasteiger partial charge in [-0.15, -0.1) is 0 Å². The van der Waals surface area contributed by atoms with Crippen molar-refractivity contribution < 1.29 is 0 Å². The molecule has 0 aliphatic carbocycles. The molecule has 4 heteroatoms. The van der Waals surface area contributed by atoms with Gasteiger partial charge in [0.2, 0.25) is 0 Å². The number of hydrogen-bond acceptors (Lipinski definition) is 3. The van der Waals surface area contributed by atoms with E-state index in [9.17, 15) is 0 Å². The molecule has 0 spiro atoms. The SMILES string of the molecule is C=C/C(=C\C=C(\C)CCC)c1cnc2c(-c3cc(C)nc4ccccc34)cnn2c1. The Morgan fingerprint density at radius 2 is 1.97 bits per heavy atom. The molecule has 3 aromatic heterocycles. The zero-order valence-electron chi connectivity index (χ0n) is 17.8. The first-order valence-electron chi connectivity index (χ1n) is 10.3. The van der Waals surface area contributed by atoms with E-state index in [-0.39, 0.29) is 0 Å². The van der Waals surface area contributed by atoms with Crippen LogP contribution in [0.15, 0.2) is 79.3 Å². The predicted molar refractivity (Wildman–Crippen MR) is 125 cm³/mol. The van der Waals surface area contributed by atoms with Gasteiger partial charge >= 0.3 is 0 Å². The van der Waals surface area contributed by atoms with Crippen LogP contribution >= 0.6 is 0 Å². The number of para-hydroxylation sites is 1. The second kappa shape index (κ2) is 8.46. The van der Waals surface area contributed by atoms with E-state index in [1.807, 2.05) is 54.3 Å². The molecule has 0 saturated carbocycles. The Morgan fingerprint density at radius 3 is 2.77 bits per heavy atom. The molecule has 0 fully saturated rings. The fraction of sp³-hybridized carbons (Fsp3) is 0.192. The lowest BCUT2D eigenvalue weighted by molar-refractivity contribution is 0.906. The first kappa shape index (κ1) is 19.8. The molecule has 0 amide bonds. The molecule has 4 nitrogen and oxygen atoms in total. The fourth-order valence-electron chi connectivity index (χ4n) is 3.74. The van der Waals surface area contributed by atoms with E-state index in [0.29, 0.717) is 0 Å². The van der Waals surface area contributed by atoms with Crippen LogP contribution in [0, 0.1) is 6.92 Å². The van der Waals surface area contributed by atoms with Crippen molar-refractivity contribution in [2.24, 2.45) is 0 Å². The summed E-state index contributed by atoms with van der Waals surface area (Å²) in [4.78, 5) is 9.41. The summed E-state index contributed by atoms with van der Waals surface area (Å²) in [7, 11) is 0. The number of rotatable bonds is 6. The van der Waals surface area contributed by atoms with Crippen molar-refractivity contribution in [3.63, 3.8) is 0 Å². The van der Waals surface area contributed by atoms with Crippen molar-refractivity contribution in [1.82, 2.24) is 19.6 Å². The molecule has 4 rings (SSSR count). The summed E-state index contributed by atoms with van der Waals surface area (Å²) in [5.41, 5.74) is 8.27. The number of benzene rings is 1. The van der Waals surface area contributed by atoms with Crippen molar-refractivity contribution in [3.05, 3.63) is 90.6 Å². The highest BCUT2D eigenvalue weighted by molar-refractivity contribution is 5.98. The normalized spacial score (nSPS) is 12.6. The summed E-state index contributed by atoms with van der Waals surface area (Å²) in [5, 5.41) is 5.69. The molecule has 0 aliphatic heterocycles. The zero-order valence-corrected chi connectivity index (χ0v) is 17.8. The number of nitrogens with zero attached hydrogens (tertiary/aromatic N) is 4. The summed E-state index contributed by atoms with van der Waals surface area (Å²) < 4.78 is 1.84. The topological polar surface area (TPSA) is 43.1 Å². The Morgan fingerprint density at radius 1 is 1.13 bits per heavy atom. The van der Waals surface area contributed by atoms with Crippen LogP contribution < -0.4 is 0 Å². The minimum atomic E-state index is 0.829. The summed E-state index contributed by atoms with van der Waals surface area (Å²) in [6.07, 6.45) is 14.2. The van der Waals surface area contributed by atoms with E-state index in [4.69, 9.17) is 4.98 Å². The minimum Gasteiger partial charge on any atom is -0.253 e. The maximum Gasteiger partial charge on any atom is 0.162 e. The van der Waals surface area contributed by atoms with Crippen molar-refractivity contribution in [1.29, 1.82) is 0 Å². The number of hydrogen-bond donors (Lipinski definition) is 0. The quantitative estimate of drug-likeness (QED) is 0.347. The maximum absolute atomic E-state index is 4.76. The van der Waals surface area contributed by atoms with Crippen LogP contribution in [0.25, 0.3) is 33.3 Å². The molecule has 0 radical (unpaired) electrons. The summed E-state index contributed by atoms with van der Waals surface area (Å²) in [6.45, 7) is 10.3. The van der Waals surface area contributed by atoms with Crippen molar-refractivity contribution in [2.75, 3.05) is 0 Å². The molecule has 1 aromatic carbocycles. The predicted octanol–water partition coefficient (Wildman–Crippen LogP) is 6.57. The van der Waals surface area contributed by atoms with Gasteiger partial charge in [-0.05, 0) is 43.5 Å².